The first kappa shape index (κ1) is 12.2. The summed E-state index contributed by atoms with van der Waals surface area (Å²) < 4.78 is 0. The molecular formula is C17H18NO. The fourth-order valence-electron chi connectivity index (χ4n) is 3.18. The largest absolute Gasteiger partial charge is 0.209 e. The van der Waals surface area contributed by atoms with Gasteiger partial charge < -0.3 is 0 Å². The van der Waals surface area contributed by atoms with Crippen LogP contribution < -0.4 is 5.06 Å². The molecule has 0 N–H and O–H groups in total. The molecule has 2 aromatic rings. The molecule has 0 saturated carbocycles. The van der Waals surface area contributed by atoms with Crippen LogP contribution in [0.5, 0.6) is 0 Å². The number of rotatable bonds is 1. The topological polar surface area (TPSA) is 23.1 Å². The molecule has 3 rings (SSSR count). The standard InChI is InChI=1S/C17H18NO/c1-16(2)14-11-7-8-12-15(14)18(19)17(16,3)13-9-5-4-6-10-13/h4-12H,1-3H3. The molecule has 0 aromatic heterocycles. The second-order valence-corrected chi connectivity index (χ2v) is 5.87. The Morgan fingerprint density at radius 2 is 1.42 bits per heavy atom. The van der Waals surface area contributed by atoms with Crippen molar-refractivity contribution in [2.24, 2.45) is 0 Å². The van der Waals surface area contributed by atoms with Gasteiger partial charge in [-0.15, -0.1) is 0 Å². The molecule has 1 unspecified atom stereocenters. The van der Waals surface area contributed by atoms with E-state index in [1.807, 2.05) is 55.5 Å². The molecule has 0 fully saturated rings. The molecule has 1 atom stereocenters. The highest BCUT2D eigenvalue weighted by atomic mass is 16.5. The first-order valence-corrected chi connectivity index (χ1v) is 6.62. The van der Waals surface area contributed by atoms with Crippen molar-refractivity contribution in [3.05, 3.63) is 65.7 Å². The first-order chi connectivity index (χ1) is 8.99. The van der Waals surface area contributed by atoms with Gasteiger partial charge in [0.05, 0.1) is 5.69 Å². The minimum absolute atomic E-state index is 0.229. The van der Waals surface area contributed by atoms with Crippen molar-refractivity contribution in [1.29, 1.82) is 0 Å². The molecular weight excluding hydrogens is 234 g/mol. The van der Waals surface area contributed by atoms with Crippen LogP contribution in [0.2, 0.25) is 0 Å². The molecule has 0 amide bonds. The lowest BCUT2D eigenvalue weighted by Crippen LogP contribution is -2.48. The van der Waals surface area contributed by atoms with Gasteiger partial charge in [-0.2, -0.15) is 0 Å². The lowest BCUT2D eigenvalue weighted by Gasteiger charge is -2.41. The van der Waals surface area contributed by atoms with Crippen LogP contribution in [0.15, 0.2) is 54.6 Å². The molecule has 1 aliphatic rings. The van der Waals surface area contributed by atoms with E-state index in [9.17, 15) is 5.21 Å². The zero-order valence-corrected chi connectivity index (χ0v) is 11.6. The highest BCUT2D eigenvalue weighted by Crippen LogP contribution is 2.55. The van der Waals surface area contributed by atoms with E-state index >= 15 is 0 Å². The third kappa shape index (κ3) is 1.41. The third-order valence-corrected chi connectivity index (χ3v) is 4.76. The summed E-state index contributed by atoms with van der Waals surface area (Å²) >= 11 is 0. The molecule has 97 valence electrons. The Labute approximate surface area is 114 Å². The zero-order valence-electron chi connectivity index (χ0n) is 11.6. The van der Waals surface area contributed by atoms with Crippen molar-refractivity contribution in [2.75, 3.05) is 5.06 Å². The van der Waals surface area contributed by atoms with Gasteiger partial charge in [-0.1, -0.05) is 67.6 Å². The molecule has 0 saturated heterocycles. The predicted octanol–water partition coefficient (Wildman–Crippen LogP) is 4.05. The van der Waals surface area contributed by atoms with Crippen molar-refractivity contribution in [1.82, 2.24) is 0 Å². The number of para-hydroxylation sites is 1. The zero-order chi connectivity index (χ0) is 13.7. The summed E-state index contributed by atoms with van der Waals surface area (Å²) in [6.07, 6.45) is 0. The normalized spacial score (nSPS) is 24.3. The van der Waals surface area contributed by atoms with Gasteiger partial charge >= 0.3 is 0 Å². The van der Waals surface area contributed by atoms with E-state index in [-0.39, 0.29) is 5.41 Å². The van der Waals surface area contributed by atoms with E-state index in [0.29, 0.717) is 0 Å². The summed E-state index contributed by atoms with van der Waals surface area (Å²) in [7, 11) is 0. The van der Waals surface area contributed by atoms with Crippen LogP contribution in [-0.4, -0.2) is 0 Å². The number of anilines is 1. The third-order valence-electron chi connectivity index (χ3n) is 4.76. The highest BCUT2D eigenvalue weighted by molar-refractivity contribution is 5.65. The summed E-state index contributed by atoms with van der Waals surface area (Å²) in [6.45, 7) is 6.34. The molecule has 2 nitrogen and oxygen atoms in total. The lowest BCUT2D eigenvalue weighted by molar-refractivity contribution is 0.0646. The van der Waals surface area contributed by atoms with E-state index in [2.05, 4.69) is 19.9 Å². The molecule has 19 heavy (non-hydrogen) atoms. The van der Waals surface area contributed by atoms with Gasteiger partial charge in [-0.25, -0.2) is 5.06 Å². The molecule has 1 radical (unpaired) electrons. The van der Waals surface area contributed by atoms with Crippen molar-refractivity contribution < 1.29 is 5.21 Å². The number of hydrogen-bond acceptors (Lipinski definition) is 1. The summed E-state index contributed by atoms with van der Waals surface area (Å²) in [6, 6.07) is 18.0. The summed E-state index contributed by atoms with van der Waals surface area (Å²) in [5, 5.41) is 14.0. The maximum Gasteiger partial charge on any atom is 0.102 e. The van der Waals surface area contributed by atoms with Gasteiger partial charge in [-0.05, 0) is 24.1 Å². The molecule has 2 heteroatoms. The van der Waals surface area contributed by atoms with Crippen LogP contribution in [0.4, 0.5) is 5.69 Å². The Kier molecular flexibility index (Phi) is 2.48. The Hall–Kier alpha value is -1.80. The second kappa shape index (κ2) is 3.84. The van der Waals surface area contributed by atoms with Gasteiger partial charge in [0.25, 0.3) is 0 Å². The summed E-state index contributed by atoms with van der Waals surface area (Å²) in [5.74, 6) is 0. The molecule has 2 aromatic carbocycles. The Morgan fingerprint density at radius 1 is 0.842 bits per heavy atom. The van der Waals surface area contributed by atoms with Crippen molar-refractivity contribution in [3.63, 3.8) is 0 Å². The SMILES string of the molecule is CC1(C)c2ccccc2N([O])C1(C)c1ccccc1. The van der Waals surface area contributed by atoms with Crippen LogP contribution in [0, 0.1) is 0 Å². The fourth-order valence-corrected chi connectivity index (χ4v) is 3.18. The minimum Gasteiger partial charge on any atom is -0.209 e. The predicted molar refractivity (Wildman–Crippen MR) is 76.4 cm³/mol. The van der Waals surface area contributed by atoms with Gasteiger partial charge in [-0.3, -0.25) is 0 Å². The van der Waals surface area contributed by atoms with Crippen molar-refractivity contribution in [3.8, 4) is 0 Å². The van der Waals surface area contributed by atoms with E-state index in [4.69, 9.17) is 0 Å². The Bertz CT molecular complexity index is 606. The van der Waals surface area contributed by atoms with Gasteiger partial charge in [0.1, 0.15) is 5.54 Å². The number of benzene rings is 2. The Balaban J connectivity index is 2.25. The van der Waals surface area contributed by atoms with Crippen LogP contribution in [0.1, 0.15) is 31.9 Å². The van der Waals surface area contributed by atoms with Crippen LogP contribution >= 0.6 is 0 Å². The van der Waals surface area contributed by atoms with E-state index < -0.39 is 5.54 Å². The second-order valence-electron chi connectivity index (χ2n) is 5.87. The smallest absolute Gasteiger partial charge is 0.102 e. The molecule has 1 heterocycles. The number of hydrogen-bond donors (Lipinski definition) is 0. The van der Waals surface area contributed by atoms with Gasteiger partial charge in [0.2, 0.25) is 0 Å². The maximum absolute atomic E-state index is 12.9. The van der Waals surface area contributed by atoms with Gasteiger partial charge in [0.15, 0.2) is 0 Å². The Morgan fingerprint density at radius 3 is 2.05 bits per heavy atom. The van der Waals surface area contributed by atoms with Crippen molar-refractivity contribution in [2.45, 2.75) is 31.7 Å². The number of hydroxylamine groups is 1. The van der Waals surface area contributed by atoms with E-state index in [1.54, 1.807) is 0 Å². The van der Waals surface area contributed by atoms with Crippen molar-refractivity contribution >= 4 is 5.69 Å². The lowest BCUT2D eigenvalue weighted by atomic mass is 9.68. The summed E-state index contributed by atoms with van der Waals surface area (Å²) in [5.41, 5.74) is 2.17. The molecule has 0 bridgehead atoms. The first-order valence-electron chi connectivity index (χ1n) is 6.62. The quantitative estimate of drug-likeness (QED) is 0.751. The van der Waals surface area contributed by atoms with Crippen LogP contribution in [0.25, 0.3) is 0 Å². The molecule has 0 spiro atoms. The average Bonchev–Trinajstić information content (AvgIpc) is 2.60. The van der Waals surface area contributed by atoms with Crippen LogP contribution in [-0.2, 0) is 16.2 Å². The highest BCUT2D eigenvalue weighted by Gasteiger charge is 2.55. The maximum atomic E-state index is 12.9. The fraction of sp³-hybridized carbons (Fsp3) is 0.294. The van der Waals surface area contributed by atoms with Gasteiger partial charge in [0, 0.05) is 5.41 Å². The monoisotopic (exact) mass is 252 g/mol. The van der Waals surface area contributed by atoms with Crippen LogP contribution in [0.3, 0.4) is 0 Å². The minimum atomic E-state index is -0.571. The molecule has 1 aliphatic heterocycles. The average molecular weight is 252 g/mol. The van der Waals surface area contributed by atoms with E-state index in [1.165, 1.54) is 5.06 Å². The number of fused-ring (bicyclic) bond motifs is 1. The summed E-state index contributed by atoms with van der Waals surface area (Å²) in [4.78, 5) is 0. The van der Waals surface area contributed by atoms with E-state index in [0.717, 1.165) is 16.8 Å². The molecule has 0 aliphatic carbocycles. The number of nitrogens with zero attached hydrogens (tertiary/aromatic N) is 1.